The van der Waals surface area contributed by atoms with Gasteiger partial charge in [-0.1, -0.05) is 6.42 Å². The molecule has 0 bridgehead atoms. The number of hydrogen-bond donors (Lipinski definition) is 1. The largest absolute Gasteiger partial charge is 0.473 e. The molecule has 0 amide bonds. The second kappa shape index (κ2) is 5.56. The van der Waals surface area contributed by atoms with Crippen LogP contribution in [0.2, 0.25) is 0 Å². The third-order valence-electron chi connectivity index (χ3n) is 2.90. The van der Waals surface area contributed by atoms with E-state index in [1.54, 1.807) is 18.3 Å². The molecule has 1 fully saturated rings. The first-order valence-electron chi connectivity index (χ1n) is 6.14. The van der Waals surface area contributed by atoms with Gasteiger partial charge in [0.15, 0.2) is 0 Å². The van der Waals surface area contributed by atoms with Crippen LogP contribution in [0, 0.1) is 0 Å². The zero-order chi connectivity index (χ0) is 13.0. The van der Waals surface area contributed by atoms with E-state index in [0.717, 1.165) is 31.9 Å². The highest BCUT2D eigenvalue weighted by atomic mass is 32.2. The Hall–Kier alpha value is -1.30. The summed E-state index contributed by atoms with van der Waals surface area (Å²) in [5.41, 5.74) is 0.408. The third kappa shape index (κ3) is 3.87. The molecule has 1 aliphatic rings. The minimum Gasteiger partial charge on any atom is -0.473 e. The maximum atomic E-state index is 11.3. The smallest absolute Gasteiger partial charge is 0.238 e. The first-order chi connectivity index (χ1) is 8.54. The van der Waals surface area contributed by atoms with Crippen molar-refractivity contribution in [3.63, 3.8) is 0 Å². The topological polar surface area (TPSA) is 68.3 Å². The van der Waals surface area contributed by atoms with E-state index in [2.05, 4.69) is 9.71 Å². The predicted octanol–water partition coefficient (Wildman–Crippen LogP) is 2.16. The Morgan fingerprint density at radius 2 is 2.06 bits per heavy atom. The molecule has 100 valence electrons. The van der Waals surface area contributed by atoms with Crippen molar-refractivity contribution in [3.8, 4) is 5.88 Å². The summed E-state index contributed by atoms with van der Waals surface area (Å²) in [6.45, 7) is 0. The summed E-state index contributed by atoms with van der Waals surface area (Å²) in [7, 11) is -3.31. The van der Waals surface area contributed by atoms with Crippen molar-refractivity contribution in [1.29, 1.82) is 0 Å². The van der Waals surface area contributed by atoms with Crippen molar-refractivity contribution in [3.05, 3.63) is 18.3 Å². The molecule has 0 aromatic carbocycles. The zero-order valence-electron chi connectivity index (χ0n) is 10.4. The van der Waals surface area contributed by atoms with E-state index in [-0.39, 0.29) is 6.10 Å². The minimum absolute atomic E-state index is 0.147. The SMILES string of the molecule is CS(=O)(=O)Nc1cccnc1OC1CCCCC1. The lowest BCUT2D eigenvalue weighted by Gasteiger charge is -2.23. The van der Waals surface area contributed by atoms with E-state index in [9.17, 15) is 8.42 Å². The molecule has 6 heteroatoms. The van der Waals surface area contributed by atoms with Crippen LogP contribution in [-0.2, 0) is 10.0 Å². The van der Waals surface area contributed by atoms with Crippen LogP contribution in [0.4, 0.5) is 5.69 Å². The van der Waals surface area contributed by atoms with E-state index in [4.69, 9.17) is 4.74 Å². The van der Waals surface area contributed by atoms with Crippen molar-refractivity contribution in [2.24, 2.45) is 0 Å². The Balaban J connectivity index is 2.11. The highest BCUT2D eigenvalue weighted by Crippen LogP contribution is 2.27. The van der Waals surface area contributed by atoms with Crippen LogP contribution in [0.5, 0.6) is 5.88 Å². The van der Waals surface area contributed by atoms with E-state index in [1.165, 1.54) is 6.42 Å². The summed E-state index contributed by atoms with van der Waals surface area (Å²) in [6, 6.07) is 3.34. The van der Waals surface area contributed by atoms with Crippen molar-refractivity contribution in [2.45, 2.75) is 38.2 Å². The van der Waals surface area contributed by atoms with Crippen molar-refractivity contribution in [1.82, 2.24) is 4.98 Å². The molecule has 1 heterocycles. The first-order valence-corrected chi connectivity index (χ1v) is 8.03. The van der Waals surface area contributed by atoms with Crippen molar-refractivity contribution in [2.75, 3.05) is 11.0 Å². The average molecular weight is 270 g/mol. The number of nitrogens with one attached hydrogen (secondary N) is 1. The Kier molecular flexibility index (Phi) is 4.06. The van der Waals surface area contributed by atoms with Gasteiger partial charge in [-0.25, -0.2) is 13.4 Å². The summed E-state index contributed by atoms with van der Waals surface area (Å²) in [5, 5.41) is 0. The van der Waals surface area contributed by atoms with Gasteiger partial charge in [0.1, 0.15) is 11.8 Å². The van der Waals surface area contributed by atoms with Gasteiger partial charge in [0, 0.05) is 6.20 Å². The molecule has 2 rings (SSSR count). The van der Waals surface area contributed by atoms with Gasteiger partial charge >= 0.3 is 0 Å². The van der Waals surface area contributed by atoms with Crippen LogP contribution in [0.3, 0.4) is 0 Å². The molecule has 18 heavy (non-hydrogen) atoms. The van der Waals surface area contributed by atoms with Gasteiger partial charge in [-0.3, -0.25) is 4.72 Å². The van der Waals surface area contributed by atoms with Crippen LogP contribution in [-0.4, -0.2) is 25.8 Å². The quantitative estimate of drug-likeness (QED) is 0.910. The standard InChI is InChI=1S/C12H18N2O3S/c1-18(15,16)14-11-8-5-9-13-12(11)17-10-6-3-2-4-7-10/h5,8-10,14H,2-4,6-7H2,1H3. The van der Waals surface area contributed by atoms with Crippen molar-refractivity contribution >= 4 is 15.7 Å². The normalized spacial score (nSPS) is 17.4. The summed E-state index contributed by atoms with van der Waals surface area (Å²) in [5.74, 6) is 0.370. The predicted molar refractivity (Wildman–Crippen MR) is 70.2 cm³/mol. The number of ether oxygens (including phenoxy) is 1. The van der Waals surface area contributed by atoms with Gasteiger partial charge in [0.25, 0.3) is 0 Å². The number of rotatable bonds is 4. The second-order valence-electron chi connectivity index (χ2n) is 4.61. The Morgan fingerprint density at radius 3 is 2.72 bits per heavy atom. The Morgan fingerprint density at radius 1 is 1.33 bits per heavy atom. The molecule has 1 saturated carbocycles. The van der Waals surface area contributed by atoms with E-state index < -0.39 is 10.0 Å². The molecule has 1 aromatic rings. The molecule has 5 nitrogen and oxygen atoms in total. The van der Waals surface area contributed by atoms with Gasteiger partial charge in [-0.15, -0.1) is 0 Å². The monoisotopic (exact) mass is 270 g/mol. The number of nitrogens with zero attached hydrogens (tertiary/aromatic N) is 1. The number of hydrogen-bond acceptors (Lipinski definition) is 4. The molecule has 0 unspecified atom stereocenters. The summed E-state index contributed by atoms with van der Waals surface area (Å²) < 4.78 is 30.7. The molecule has 1 aliphatic carbocycles. The van der Waals surface area contributed by atoms with Crippen LogP contribution in [0.25, 0.3) is 0 Å². The fraction of sp³-hybridized carbons (Fsp3) is 0.583. The molecule has 0 radical (unpaired) electrons. The maximum Gasteiger partial charge on any atom is 0.238 e. The van der Waals surface area contributed by atoms with Gasteiger partial charge in [-0.2, -0.15) is 0 Å². The molecular weight excluding hydrogens is 252 g/mol. The van der Waals surface area contributed by atoms with Crippen LogP contribution in [0.15, 0.2) is 18.3 Å². The molecule has 1 N–H and O–H groups in total. The average Bonchev–Trinajstić information content (AvgIpc) is 2.31. The maximum absolute atomic E-state index is 11.3. The molecular formula is C12H18N2O3S. The van der Waals surface area contributed by atoms with Crippen LogP contribution < -0.4 is 9.46 Å². The van der Waals surface area contributed by atoms with E-state index >= 15 is 0 Å². The van der Waals surface area contributed by atoms with E-state index in [0.29, 0.717) is 11.6 Å². The first kappa shape index (κ1) is 13.1. The Bertz CT molecular complexity index is 496. The van der Waals surface area contributed by atoms with Crippen LogP contribution >= 0.6 is 0 Å². The summed E-state index contributed by atoms with van der Waals surface area (Å²) in [6.07, 6.45) is 8.45. The number of pyridine rings is 1. The van der Waals surface area contributed by atoms with Crippen molar-refractivity contribution < 1.29 is 13.2 Å². The fourth-order valence-electron chi connectivity index (χ4n) is 2.10. The van der Waals surface area contributed by atoms with E-state index in [1.807, 2.05) is 0 Å². The minimum atomic E-state index is -3.31. The third-order valence-corrected chi connectivity index (χ3v) is 3.49. The van der Waals surface area contributed by atoms with Crippen LogP contribution in [0.1, 0.15) is 32.1 Å². The molecule has 0 saturated heterocycles. The second-order valence-corrected chi connectivity index (χ2v) is 6.36. The number of anilines is 1. The number of sulfonamides is 1. The van der Waals surface area contributed by atoms with Gasteiger partial charge in [0.2, 0.25) is 15.9 Å². The summed E-state index contributed by atoms with van der Waals surface area (Å²) in [4.78, 5) is 4.11. The molecule has 0 spiro atoms. The summed E-state index contributed by atoms with van der Waals surface area (Å²) >= 11 is 0. The fourth-order valence-corrected chi connectivity index (χ4v) is 2.66. The number of aromatic nitrogens is 1. The lowest BCUT2D eigenvalue weighted by atomic mass is 9.98. The molecule has 0 aliphatic heterocycles. The highest BCUT2D eigenvalue weighted by Gasteiger charge is 2.18. The Labute approximate surface area is 108 Å². The lowest BCUT2D eigenvalue weighted by molar-refractivity contribution is 0.150. The lowest BCUT2D eigenvalue weighted by Crippen LogP contribution is -2.21. The molecule has 0 atom stereocenters. The molecule has 1 aromatic heterocycles. The van der Waals surface area contributed by atoms with Gasteiger partial charge < -0.3 is 4.74 Å². The highest BCUT2D eigenvalue weighted by molar-refractivity contribution is 7.92. The van der Waals surface area contributed by atoms with Gasteiger partial charge in [-0.05, 0) is 37.8 Å². The van der Waals surface area contributed by atoms with Gasteiger partial charge in [0.05, 0.1) is 6.26 Å². The zero-order valence-corrected chi connectivity index (χ0v) is 11.2.